The van der Waals surface area contributed by atoms with Gasteiger partial charge in [0, 0.05) is 11.5 Å². The molecule has 1 heterocycles. The second-order valence-electron chi connectivity index (χ2n) is 4.64. The van der Waals surface area contributed by atoms with Crippen LogP contribution in [0, 0.1) is 5.92 Å². The van der Waals surface area contributed by atoms with Gasteiger partial charge < -0.3 is 9.84 Å². The van der Waals surface area contributed by atoms with Crippen LogP contribution < -0.4 is 4.74 Å². The monoisotopic (exact) mass is 204 g/mol. The van der Waals surface area contributed by atoms with Crippen LogP contribution in [0.2, 0.25) is 0 Å². The van der Waals surface area contributed by atoms with Gasteiger partial charge in [0.15, 0.2) is 0 Å². The number of benzene rings is 1. The quantitative estimate of drug-likeness (QED) is 0.801. The largest absolute Gasteiger partial charge is 0.493 e. The van der Waals surface area contributed by atoms with Crippen LogP contribution in [-0.2, 0) is 0 Å². The molecular formula is C13H16O2. The third-order valence-electron chi connectivity index (χ3n) is 3.78. The normalized spacial score (nSPS) is 26.6. The first-order valence-electron chi connectivity index (χ1n) is 5.76. The Morgan fingerprint density at radius 1 is 1.27 bits per heavy atom. The Hall–Kier alpha value is -1.02. The number of fused-ring (bicyclic) bond motifs is 1. The highest BCUT2D eigenvalue weighted by Gasteiger charge is 2.36. The summed E-state index contributed by atoms with van der Waals surface area (Å²) >= 11 is 0. The number of para-hydroxylation sites is 1. The Bertz CT molecular complexity index is 357. The molecule has 3 rings (SSSR count). The maximum Gasteiger partial charge on any atom is 0.123 e. The number of rotatable bonds is 2. The molecule has 0 radical (unpaired) electrons. The van der Waals surface area contributed by atoms with Crippen LogP contribution in [0.1, 0.15) is 30.7 Å². The summed E-state index contributed by atoms with van der Waals surface area (Å²) in [7, 11) is 0. The van der Waals surface area contributed by atoms with Crippen LogP contribution in [0.4, 0.5) is 0 Å². The molecule has 2 unspecified atom stereocenters. The van der Waals surface area contributed by atoms with E-state index < -0.39 is 0 Å². The molecule has 15 heavy (non-hydrogen) atoms. The van der Waals surface area contributed by atoms with Crippen molar-refractivity contribution >= 4 is 0 Å². The molecule has 1 saturated carbocycles. The Kier molecular flexibility index (Phi) is 2.17. The molecule has 80 valence electrons. The SMILES string of the molecule is OC(C1CCC1)C1COc2ccccc21. The van der Waals surface area contributed by atoms with Crippen molar-refractivity contribution in [3.8, 4) is 5.75 Å². The smallest absolute Gasteiger partial charge is 0.123 e. The van der Waals surface area contributed by atoms with E-state index in [1.54, 1.807) is 0 Å². The number of hydrogen-bond donors (Lipinski definition) is 1. The highest BCUT2D eigenvalue weighted by Crippen LogP contribution is 2.41. The van der Waals surface area contributed by atoms with E-state index >= 15 is 0 Å². The van der Waals surface area contributed by atoms with E-state index in [0.29, 0.717) is 12.5 Å². The van der Waals surface area contributed by atoms with Gasteiger partial charge in [0.2, 0.25) is 0 Å². The fourth-order valence-corrected chi connectivity index (χ4v) is 2.58. The molecular weight excluding hydrogens is 188 g/mol. The summed E-state index contributed by atoms with van der Waals surface area (Å²) in [6.07, 6.45) is 3.43. The lowest BCUT2D eigenvalue weighted by Crippen LogP contribution is -2.32. The lowest BCUT2D eigenvalue weighted by atomic mass is 9.75. The molecule has 2 nitrogen and oxygen atoms in total. The number of aliphatic hydroxyl groups excluding tert-OH is 1. The zero-order valence-electron chi connectivity index (χ0n) is 8.73. The molecule has 1 aliphatic heterocycles. The topological polar surface area (TPSA) is 29.5 Å². The molecule has 0 amide bonds. The van der Waals surface area contributed by atoms with Gasteiger partial charge >= 0.3 is 0 Å². The minimum atomic E-state index is -0.206. The molecule has 0 bridgehead atoms. The Balaban J connectivity index is 1.83. The number of hydrogen-bond acceptors (Lipinski definition) is 2. The van der Waals surface area contributed by atoms with Gasteiger partial charge in [-0.3, -0.25) is 0 Å². The van der Waals surface area contributed by atoms with E-state index in [9.17, 15) is 5.11 Å². The maximum absolute atomic E-state index is 10.2. The molecule has 1 aromatic rings. The third-order valence-corrected chi connectivity index (χ3v) is 3.78. The molecule has 1 N–H and O–H groups in total. The molecule has 1 aliphatic carbocycles. The van der Waals surface area contributed by atoms with E-state index in [4.69, 9.17) is 4.74 Å². The van der Waals surface area contributed by atoms with Gasteiger partial charge in [0.1, 0.15) is 5.75 Å². The van der Waals surface area contributed by atoms with Crippen molar-refractivity contribution in [3.63, 3.8) is 0 Å². The zero-order valence-corrected chi connectivity index (χ0v) is 8.73. The van der Waals surface area contributed by atoms with Crippen LogP contribution in [0.15, 0.2) is 24.3 Å². The second-order valence-corrected chi connectivity index (χ2v) is 4.64. The zero-order chi connectivity index (χ0) is 10.3. The van der Waals surface area contributed by atoms with Gasteiger partial charge in [-0.05, 0) is 24.8 Å². The lowest BCUT2D eigenvalue weighted by molar-refractivity contribution is 0.0344. The van der Waals surface area contributed by atoms with Crippen molar-refractivity contribution in [2.75, 3.05) is 6.61 Å². The molecule has 2 heteroatoms. The fourth-order valence-electron chi connectivity index (χ4n) is 2.58. The predicted molar refractivity (Wildman–Crippen MR) is 58.0 cm³/mol. The Morgan fingerprint density at radius 3 is 2.80 bits per heavy atom. The van der Waals surface area contributed by atoms with Gasteiger partial charge in [-0.1, -0.05) is 24.6 Å². The van der Waals surface area contributed by atoms with Crippen molar-refractivity contribution in [1.29, 1.82) is 0 Å². The molecule has 2 atom stereocenters. The lowest BCUT2D eigenvalue weighted by Gasteiger charge is -2.33. The summed E-state index contributed by atoms with van der Waals surface area (Å²) in [5.74, 6) is 1.66. The summed E-state index contributed by atoms with van der Waals surface area (Å²) < 4.78 is 5.59. The Labute approximate surface area is 89.9 Å². The first kappa shape index (κ1) is 9.22. The molecule has 1 fully saturated rings. The summed E-state index contributed by atoms with van der Waals surface area (Å²) in [6.45, 7) is 0.650. The van der Waals surface area contributed by atoms with Crippen molar-refractivity contribution < 1.29 is 9.84 Å². The standard InChI is InChI=1S/C13H16O2/c14-13(9-4-3-5-9)11-8-15-12-7-2-1-6-10(11)12/h1-2,6-7,9,11,13-14H,3-5,8H2. The molecule has 0 aromatic heterocycles. The summed E-state index contributed by atoms with van der Waals surface area (Å²) in [5.41, 5.74) is 1.19. The minimum Gasteiger partial charge on any atom is -0.493 e. The third kappa shape index (κ3) is 1.44. The van der Waals surface area contributed by atoms with E-state index in [2.05, 4.69) is 6.07 Å². The molecule has 2 aliphatic rings. The van der Waals surface area contributed by atoms with Crippen molar-refractivity contribution in [3.05, 3.63) is 29.8 Å². The molecule has 0 spiro atoms. The van der Waals surface area contributed by atoms with Crippen molar-refractivity contribution in [2.45, 2.75) is 31.3 Å². The van der Waals surface area contributed by atoms with Crippen LogP contribution in [0.25, 0.3) is 0 Å². The highest BCUT2D eigenvalue weighted by molar-refractivity contribution is 5.40. The van der Waals surface area contributed by atoms with Crippen LogP contribution in [0.5, 0.6) is 5.75 Å². The molecule has 0 saturated heterocycles. The van der Waals surface area contributed by atoms with E-state index in [1.165, 1.54) is 24.8 Å². The summed E-state index contributed by atoms with van der Waals surface area (Å²) in [6, 6.07) is 8.07. The molecule has 1 aromatic carbocycles. The van der Waals surface area contributed by atoms with E-state index in [0.717, 1.165) is 5.75 Å². The van der Waals surface area contributed by atoms with Crippen LogP contribution >= 0.6 is 0 Å². The number of ether oxygens (including phenoxy) is 1. The summed E-state index contributed by atoms with van der Waals surface area (Å²) in [5, 5.41) is 10.2. The van der Waals surface area contributed by atoms with Gasteiger partial charge in [0.05, 0.1) is 12.7 Å². The Morgan fingerprint density at radius 2 is 2.07 bits per heavy atom. The van der Waals surface area contributed by atoms with Gasteiger partial charge in [-0.25, -0.2) is 0 Å². The highest BCUT2D eigenvalue weighted by atomic mass is 16.5. The van der Waals surface area contributed by atoms with Gasteiger partial charge in [-0.2, -0.15) is 0 Å². The maximum atomic E-state index is 10.2. The van der Waals surface area contributed by atoms with E-state index in [-0.39, 0.29) is 12.0 Å². The average Bonchev–Trinajstić information content (AvgIpc) is 2.58. The average molecular weight is 204 g/mol. The van der Waals surface area contributed by atoms with Crippen LogP contribution in [-0.4, -0.2) is 17.8 Å². The predicted octanol–water partition coefficient (Wildman–Crippen LogP) is 2.32. The summed E-state index contributed by atoms with van der Waals surface area (Å²) in [4.78, 5) is 0. The second kappa shape index (κ2) is 3.53. The number of aliphatic hydroxyl groups is 1. The minimum absolute atomic E-state index is 0.200. The van der Waals surface area contributed by atoms with Crippen molar-refractivity contribution in [2.24, 2.45) is 5.92 Å². The van der Waals surface area contributed by atoms with Gasteiger partial charge in [-0.15, -0.1) is 0 Å². The van der Waals surface area contributed by atoms with Gasteiger partial charge in [0.25, 0.3) is 0 Å². The van der Waals surface area contributed by atoms with E-state index in [1.807, 2.05) is 18.2 Å². The van der Waals surface area contributed by atoms with Crippen molar-refractivity contribution in [1.82, 2.24) is 0 Å². The van der Waals surface area contributed by atoms with Crippen LogP contribution in [0.3, 0.4) is 0 Å². The first-order valence-corrected chi connectivity index (χ1v) is 5.76. The fraction of sp³-hybridized carbons (Fsp3) is 0.538. The first-order chi connectivity index (χ1) is 7.36.